The van der Waals surface area contributed by atoms with Gasteiger partial charge in [-0.3, -0.25) is 9.47 Å². The highest BCUT2D eigenvalue weighted by Crippen LogP contribution is 2.20. The Morgan fingerprint density at radius 1 is 1.04 bits per heavy atom. The third kappa shape index (κ3) is 4.15. The van der Waals surface area contributed by atoms with Crippen molar-refractivity contribution in [3.05, 3.63) is 78.8 Å². The maximum Gasteiger partial charge on any atom is 0.329 e. The molecular weight excluding hydrogens is 348 g/mol. The monoisotopic (exact) mass is 374 g/mol. The van der Waals surface area contributed by atoms with E-state index in [2.05, 4.69) is 40.2 Å². The van der Waals surface area contributed by atoms with E-state index >= 15 is 0 Å². The highest BCUT2D eigenvalue weighted by Gasteiger charge is 2.26. The zero-order valence-corrected chi connectivity index (χ0v) is 16.2. The molecule has 1 aliphatic rings. The normalized spacial score (nSPS) is 15.5. The van der Waals surface area contributed by atoms with Gasteiger partial charge in [0, 0.05) is 44.5 Å². The van der Waals surface area contributed by atoms with Crippen molar-refractivity contribution >= 4 is 6.03 Å². The number of likely N-dealkylation sites (tertiary alicyclic amines) is 1. The highest BCUT2D eigenvalue weighted by atomic mass is 16.2. The summed E-state index contributed by atoms with van der Waals surface area (Å²) < 4.78 is 1.60. The molecule has 144 valence electrons. The number of carbonyl (C=O) groups is 1. The van der Waals surface area contributed by atoms with Gasteiger partial charge in [0.15, 0.2) is 0 Å². The van der Waals surface area contributed by atoms with E-state index in [0.29, 0.717) is 0 Å². The lowest BCUT2D eigenvalue weighted by Gasteiger charge is -2.36. The van der Waals surface area contributed by atoms with E-state index in [4.69, 9.17) is 0 Å². The second kappa shape index (κ2) is 8.40. The van der Waals surface area contributed by atoms with Crippen molar-refractivity contribution in [2.45, 2.75) is 25.4 Å². The quantitative estimate of drug-likeness (QED) is 0.690. The lowest BCUT2D eigenvalue weighted by Crippen LogP contribution is -2.46. The topological polar surface area (TPSA) is 41.4 Å². The Morgan fingerprint density at radius 2 is 1.68 bits per heavy atom. The van der Waals surface area contributed by atoms with Crippen molar-refractivity contribution in [2.75, 3.05) is 20.1 Å². The third-order valence-electron chi connectivity index (χ3n) is 5.53. The van der Waals surface area contributed by atoms with Crippen LogP contribution in [0.25, 0.3) is 11.3 Å². The van der Waals surface area contributed by atoms with E-state index in [1.807, 2.05) is 48.5 Å². The molecule has 0 radical (unpaired) electrons. The number of nitrogens with zero attached hydrogens (tertiary/aromatic N) is 4. The van der Waals surface area contributed by atoms with Crippen LogP contribution in [0.3, 0.4) is 0 Å². The molecule has 2 aromatic carbocycles. The van der Waals surface area contributed by atoms with Gasteiger partial charge < -0.3 is 4.90 Å². The molecule has 0 N–H and O–H groups in total. The van der Waals surface area contributed by atoms with E-state index in [1.54, 1.807) is 10.9 Å². The summed E-state index contributed by atoms with van der Waals surface area (Å²) in [4.78, 5) is 21.6. The van der Waals surface area contributed by atoms with Crippen molar-refractivity contribution < 1.29 is 4.79 Å². The first kappa shape index (κ1) is 18.4. The molecule has 1 aliphatic heterocycles. The average molecular weight is 374 g/mol. The molecule has 1 amide bonds. The van der Waals surface area contributed by atoms with Crippen molar-refractivity contribution in [2.24, 2.45) is 0 Å². The molecule has 0 atom stereocenters. The zero-order chi connectivity index (χ0) is 19.3. The zero-order valence-electron chi connectivity index (χ0n) is 16.2. The first-order chi connectivity index (χ1) is 13.7. The number of rotatable bonds is 4. The van der Waals surface area contributed by atoms with Gasteiger partial charge in [0.25, 0.3) is 0 Å². The molecule has 0 aliphatic carbocycles. The number of carbonyl (C=O) groups excluding carboxylic acids is 1. The van der Waals surface area contributed by atoms with Crippen LogP contribution in [0.2, 0.25) is 0 Å². The minimum Gasteiger partial charge on any atom is -0.324 e. The second-order valence-corrected chi connectivity index (χ2v) is 7.42. The van der Waals surface area contributed by atoms with Crippen LogP contribution in [0.4, 0.5) is 4.79 Å². The molecule has 5 heteroatoms. The van der Waals surface area contributed by atoms with Gasteiger partial charge in [-0.2, -0.15) is 0 Å². The molecule has 4 rings (SSSR count). The summed E-state index contributed by atoms with van der Waals surface area (Å²) in [6.07, 6.45) is 5.43. The Bertz CT molecular complexity index is 899. The summed E-state index contributed by atoms with van der Waals surface area (Å²) in [5.74, 6) is 0. The molecule has 3 aromatic rings. The Morgan fingerprint density at radius 3 is 2.36 bits per heavy atom. The minimum absolute atomic E-state index is 0.0174. The van der Waals surface area contributed by atoms with E-state index in [1.165, 1.54) is 5.56 Å². The van der Waals surface area contributed by atoms with Crippen LogP contribution in [0.1, 0.15) is 18.4 Å². The van der Waals surface area contributed by atoms with Gasteiger partial charge in [-0.25, -0.2) is 9.78 Å². The van der Waals surface area contributed by atoms with Gasteiger partial charge >= 0.3 is 6.03 Å². The van der Waals surface area contributed by atoms with E-state index < -0.39 is 0 Å². The summed E-state index contributed by atoms with van der Waals surface area (Å²) in [6, 6.07) is 20.8. The number of hydrogen-bond donors (Lipinski definition) is 0. The average Bonchev–Trinajstić information content (AvgIpc) is 3.25. The lowest BCUT2D eigenvalue weighted by molar-refractivity contribution is 0.132. The summed E-state index contributed by atoms with van der Waals surface area (Å²) in [7, 11) is 1.90. The Kier molecular flexibility index (Phi) is 5.53. The highest BCUT2D eigenvalue weighted by molar-refractivity contribution is 5.78. The van der Waals surface area contributed by atoms with Crippen molar-refractivity contribution in [3.63, 3.8) is 0 Å². The van der Waals surface area contributed by atoms with Gasteiger partial charge in [0.2, 0.25) is 0 Å². The van der Waals surface area contributed by atoms with Gasteiger partial charge in [-0.05, 0) is 18.4 Å². The molecule has 1 aromatic heterocycles. The summed E-state index contributed by atoms with van der Waals surface area (Å²) in [5, 5.41) is 0. The van der Waals surface area contributed by atoms with Crippen LogP contribution >= 0.6 is 0 Å². The second-order valence-electron chi connectivity index (χ2n) is 7.42. The SMILES string of the molecule is CN(C(=O)n1cnc(-c2ccccc2)c1)C1CCN(Cc2ccccc2)CC1. The van der Waals surface area contributed by atoms with Crippen LogP contribution in [0.15, 0.2) is 73.2 Å². The number of piperidine rings is 1. The van der Waals surface area contributed by atoms with Crippen LogP contribution in [0, 0.1) is 0 Å². The lowest BCUT2D eigenvalue weighted by atomic mass is 10.0. The maximum atomic E-state index is 12.9. The van der Waals surface area contributed by atoms with Gasteiger partial charge in [-0.1, -0.05) is 60.7 Å². The van der Waals surface area contributed by atoms with Crippen LogP contribution < -0.4 is 0 Å². The van der Waals surface area contributed by atoms with Gasteiger partial charge in [-0.15, -0.1) is 0 Å². The molecule has 0 spiro atoms. The molecule has 0 bridgehead atoms. The standard InChI is InChI=1S/C23H26N4O/c1-25(21-12-14-26(15-13-21)16-19-8-4-2-5-9-19)23(28)27-17-22(24-18-27)20-10-6-3-7-11-20/h2-11,17-18,21H,12-16H2,1H3. The Labute approximate surface area is 166 Å². The summed E-state index contributed by atoms with van der Waals surface area (Å²) in [5.41, 5.74) is 3.18. The molecular formula is C23H26N4O. The molecule has 1 fully saturated rings. The summed E-state index contributed by atoms with van der Waals surface area (Å²) in [6.45, 7) is 3.00. The Balaban J connectivity index is 1.34. The molecule has 5 nitrogen and oxygen atoms in total. The van der Waals surface area contributed by atoms with Crippen molar-refractivity contribution in [1.29, 1.82) is 0 Å². The van der Waals surface area contributed by atoms with Crippen molar-refractivity contribution in [3.8, 4) is 11.3 Å². The largest absolute Gasteiger partial charge is 0.329 e. The first-order valence-corrected chi connectivity index (χ1v) is 9.83. The maximum absolute atomic E-state index is 12.9. The van der Waals surface area contributed by atoms with Crippen molar-refractivity contribution in [1.82, 2.24) is 19.4 Å². The van der Waals surface area contributed by atoms with Crippen LogP contribution in [0.5, 0.6) is 0 Å². The summed E-state index contributed by atoms with van der Waals surface area (Å²) >= 11 is 0. The van der Waals surface area contributed by atoms with E-state index in [9.17, 15) is 4.79 Å². The fourth-order valence-electron chi connectivity index (χ4n) is 3.83. The number of benzene rings is 2. The number of amides is 1. The molecule has 2 heterocycles. The molecule has 1 saturated heterocycles. The van der Waals surface area contributed by atoms with Gasteiger partial charge in [0.1, 0.15) is 6.33 Å². The van der Waals surface area contributed by atoms with Crippen LogP contribution in [-0.4, -0.2) is 51.6 Å². The van der Waals surface area contributed by atoms with Gasteiger partial charge in [0.05, 0.1) is 5.69 Å². The molecule has 28 heavy (non-hydrogen) atoms. The number of aromatic nitrogens is 2. The first-order valence-electron chi connectivity index (χ1n) is 9.83. The smallest absolute Gasteiger partial charge is 0.324 e. The molecule has 0 unspecified atom stereocenters. The van der Waals surface area contributed by atoms with Crippen LogP contribution in [-0.2, 0) is 6.54 Å². The third-order valence-corrected chi connectivity index (χ3v) is 5.53. The predicted molar refractivity (Wildman–Crippen MR) is 111 cm³/mol. The van der Waals surface area contributed by atoms with E-state index in [0.717, 1.165) is 43.7 Å². The number of imidazole rings is 1. The number of hydrogen-bond acceptors (Lipinski definition) is 3. The fourth-order valence-corrected chi connectivity index (χ4v) is 3.83. The fraction of sp³-hybridized carbons (Fsp3) is 0.304. The molecule has 0 saturated carbocycles. The van der Waals surface area contributed by atoms with E-state index in [-0.39, 0.29) is 12.1 Å². The predicted octanol–water partition coefficient (Wildman–Crippen LogP) is 4.11. The minimum atomic E-state index is -0.0174. The Hall–Kier alpha value is -2.92.